The quantitative estimate of drug-likeness (QED) is 0.902. The van der Waals surface area contributed by atoms with Gasteiger partial charge in [0.15, 0.2) is 0 Å². The summed E-state index contributed by atoms with van der Waals surface area (Å²) >= 11 is 0. The number of carbonyl (C=O) groups is 2. The second-order valence-corrected chi connectivity index (χ2v) is 7.33. The molecule has 1 saturated heterocycles. The summed E-state index contributed by atoms with van der Waals surface area (Å²) in [7, 11) is 0. The van der Waals surface area contributed by atoms with Crippen LogP contribution < -0.4 is 5.32 Å². The predicted molar refractivity (Wildman–Crippen MR) is 105 cm³/mol. The van der Waals surface area contributed by atoms with Gasteiger partial charge >= 0.3 is 0 Å². The van der Waals surface area contributed by atoms with E-state index in [9.17, 15) is 9.59 Å². The van der Waals surface area contributed by atoms with Crippen LogP contribution in [0.15, 0.2) is 48.3 Å². The Kier molecular flexibility index (Phi) is 5.19. The molecule has 0 radical (unpaired) electrons. The minimum atomic E-state index is -0.229. The van der Waals surface area contributed by atoms with Crippen LogP contribution in [0.5, 0.6) is 0 Å². The highest BCUT2D eigenvalue weighted by Gasteiger charge is 2.29. The smallest absolute Gasteiger partial charge is 0.270 e. The lowest BCUT2D eigenvalue weighted by atomic mass is 9.85. The molecule has 1 aromatic carbocycles. The summed E-state index contributed by atoms with van der Waals surface area (Å²) in [6.45, 7) is 1.14. The van der Waals surface area contributed by atoms with Crippen LogP contribution >= 0.6 is 0 Å². The van der Waals surface area contributed by atoms with Gasteiger partial charge in [0.2, 0.25) is 5.91 Å². The Hall–Kier alpha value is -2.69. The number of pyridine rings is 1. The van der Waals surface area contributed by atoms with E-state index < -0.39 is 0 Å². The molecule has 140 valence electrons. The van der Waals surface area contributed by atoms with Gasteiger partial charge in [0.25, 0.3) is 5.91 Å². The number of carbonyl (C=O) groups excluding carboxylic acids is 2. The molecule has 0 bridgehead atoms. The number of allylic oxidation sites excluding steroid dienone is 2. The SMILES string of the molecule is O=C(NCCC(=O)N1CCCC2CCCC=C21)c1nccc2ccccc12. The lowest BCUT2D eigenvalue weighted by molar-refractivity contribution is -0.130. The number of rotatable bonds is 4. The largest absolute Gasteiger partial charge is 0.350 e. The van der Waals surface area contributed by atoms with Gasteiger partial charge in [-0.3, -0.25) is 14.6 Å². The van der Waals surface area contributed by atoms with E-state index in [0.717, 1.165) is 30.2 Å². The molecule has 1 aliphatic carbocycles. The molecule has 5 heteroatoms. The average Bonchev–Trinajstić information content (AvgIpc) is 2.72. The molecule has 4 rings (SSSR count). The van der Waals surface area contributed by atoms with Crippen molar-refractivity contribution in [3.8, 4) is 0 Å². The van der Waals surface area contributed by atoms with Crippen LogP contribution in [0, 0.1) is 5.92 Å². The molecule has 5 nitrogen and oxygen atoms in total. The second kappa shape index (κ2) is 7.91. The predicted octanol–water partition coefficient (Wildman–Crippen LogP) is 3.66. The zero-order valence-electron chi connectivity index (χ0n) is 15.5. The Morgan fingerprint density at radius 3 is 2.93 bits per heavy atom. The molecule has 27 heavy (non-hydrogen) atoms. The minimum Gasteiger partial charge on any atom is -0.350 e. The standard InChI is InChI=1S/C22H25N3O2/c26-20(25-15-5-8-17-7-2-4-10-19(17)25)12-14-24-22(27)21-18-9-3-1-6-16(18)11-13-23-21/h1,3,6,9-11,13,17H,2,4-5,7-8,12,14-15H2,(H,24,27). The summed E-state index contributed by atoms with van der Waals surface area (Å²) in [6, 6.07) is 9.58. The number of likely N-dealkylation sites (tertiary alicyclic amines) is 1. The van der Waals surface area contributed by atoms with Gasteiger partial charge in [-0.25, -0.2) is 0 Å². The van der Waals surface area contributed by atoms with Crippen LogP contribution in [0.2, 0.25) is 0 Å². The summed E-state index contributed by atoms with van der Waals surface area (Å²) in [5, 5.41) is 4.68. The minimum absolute atomic E-state index is 0.110. The van der Waals surface area contributed by atoms with E-state index in [-0.39, 0.29) is 11.8 Å². The van der Waals surface area contributed by atoms with Crippen LogP contribution in [0.4, 0.5) is 0 Å². The maximum absolute atomic E-state index is 12.7. The molecule has 1 N–H and O–H groups in total. The number of benzene rings is 1. The van der Waals surface area contributed by atoms with E-state index in [0.29, 0.717) is 24.6 Å². The Morgan fingerprint density at radius 2 is 2.00 bits per heavy atom. The topological polar surface area (TPSA) is 62.3 Å². The van der Waals surface area contributed by atoms with E-state index in [4.69, 9.17) is 0 Å². The van der Waals surface area contributed by atoms with Crippen molar-refractivity contribution >= 4 is 22.6 Å². The molecule has 1 unspecified atom stereocenters. The summed E-state index contributed by atoms with van der Waals surface area (Å²) in [5.74, 6) is 0.429. The van der Waals surface area contributed by atoms with E-state index in [1.165, 1.54) is 25.0 Å². The van der Waals surface area contributed by atoms with Crippen molar-refractivity contribution in [3.63, 3.8) is 0 Å². The molecular weight excluding hydrogens is 338 g/mol. The van der Waals surface area contributed by atoms with Crippen LogP contribution in [0.1, 0.15) is 49.0 Å². The first kappa shape index (κ1) is 17.7. The van der Waals surface area contributed by atoms with Crippen LogP contribution in [-0.4, -0.2) is 34.8 Å². The molecule has 0 saturated carbocycles. The van der Waals surface area contributed by atoms with Crippen molar-refractivity contribution < 1.29 is 9.59 Å². The molecule has 2 heterocycles. The van der Waals surface area contributed by atoms with E-state index >= 15 is 0 Å². The van der Waals surface area contributed by atoms with Crippen molar-refractivity contribution in [2.75, 3.05) is 13.1 Å². The van der Waals surface area contributed by atoms with E-state index in [1.54, 1.807) is 6.20 Å². The number of hydrogen-bond acceptors (Lipinski definition) is 3. The van der Waals surface area contributed by atoms with Gasteiger partial charge in [-0.2, -0.15) is 0 Å². The fourth-order valence-electron chi connectivity index (χ4n) is 4.25. The first-order valence-corrected chi connectivity index (χ1v) is 9.86. The third kappa shape index (κ3) is 3.72. The number of hydrogen-bond donors (Lipinski definition) is 1. The zero-order chi connectivity index (χ0) is 18.6. The van der Waals surface area contributed by atoms with Crippen molar-refractivity contribution in [3.05, 3.63) is 54.0 Å². The number of amides is 2. The van der Waals surface area contributed by atoms with Gasteiger partial charge in [-0.1, -0.05) is 30.3 Å². The van der Waals surface area contributed by atoms with Crippen molar-refractivity contribution in [1.29, 1.82) is 0 Å². The number of nitrogens with one attached hydrogen (secondary N) is 1. The van der Waals surface area contributed by atoms with Crippen molar-refractivity contribution in [2.24, 2.45) is 5.92 Å². The van der Waals surface area contributed by atoms with Gasteiger partial charge in [0, 0.05) is 36.8 Å². The Bertz CT molecular complexity index is 885. The Balaban J connectivity index is 1.37. The summed E-state index contributed by atoms with van der Waals surface area (Å²) < 4.78 is 0. The number of piperidine rings is 1. The molecule has 0 spiro atoms. The third-order valence-corrected chi connectivity index (χ3v) is 5.59. The number of fused-ring (bicyclic) bond motifs is 2. The van der Waals surface area contributed by atoms with Crippen molar-refractivity contribution in [2.45, 2.75) is 38.5 Å². The second-order valence-electron chi connectivity index (χ2n) is 7.33. The molecule has 2 amide bonds. The molecule has 1 aliphatic heterocycles. The Labute approximate surface area is 159 Å². The van der Waals surface area contributed by atoms with Crippen LogP contribution in [-0.2, 0) is 4.79 Å². The van der Waals surface area contributed by atoms with Gasteiger partial charge in [-0.15, -0.1) is 0 Å². The highest BCUT2D eigenvalue weighted by molar-refractivity contribution is 6.05. The maximum atomic E-state index is 12.7. The number of aromatic nitrogens is 1. The summed E-state index contributed by atoms with van der Waals surface area (Å²) in [6.07, 6.45) is 9.96. The van der Waals surface area contributed by atoms with Crippen LogP contribution in [0.3, 0.4) is 0 Å². The zero-order valence-corrected chi connectivity index (χ0v) is 15.5. The highest BCUT2D eigenvalue weighted by Crippen LogP contribution is 2.35. The van der Waals surface area contributed by atoms with Gasteiger partial charge in [-0.05, 0) is 49.5 Å². The van der Waals surface area contributed by atoms with Crippen molar-refractivity contribution in [1.82, 2.24) is 15.2 Å². The lowest BCUT2D eigenvalue weighted by Gasteiger charge is -2.38. The average molecular weight is 363 g/mol. The molecule has 1 aromatic heterocycles. The van der Waals surface area contributed by atoms with Gasteiger partial charge < -0.3 is 10.2 Å². The van der Waals surface area contributed by atoms with Gasteiger partial charge in [0.1, 0.15) is 5.69 Å². The Morgan fingerprint density at radius 1 is 1.15 bits per heavy atom. The first-order valence-electron chi connectivity index (χ1n) is 9.86. The summed E-state index contributed by atoms with van der Waals surface area (Å²) in [4.78, 5) is 31.4. The monoisotopic (exact) mass is 363 g/mol. The van der Waals surface area contributed by atoms with E-state index in [2.05, 4.69) is 16.4 Å². The fraction of sp³-hybridized carbons (Fsp3) is 0.409. The van der Waals surface area contributed by atoms with Gasteiger partial charge in [0.05, 0.1) is 0 Å². The molecule has 1 fully saturated rings. The molecular formula is C22H25N3O2. The summed E-state index contributed by atoms with van der Waals surface area (Å²) in [5.41, 5.74) is 1.63. The fourth-order valence-corrected chi connectivity index (χ4v) is 4.25. The maximum Gasteiger partial charge on any atom is 0.270 e. The first-order chi connectivity index (χ1) is 13.2. The molecule has 1 atom stereocenters. The highest BCUT2D eigenvalue weighted by atomic mass is 16.2. The third-order valence-electron chi connectivity index (χ3n) is 5.59. The number of nitrogens with zero attached hydrogens (tertiary/aromatic N) is 2. The van der Waals surface area contributed by atoms with E-state index in [1.807, 2.05) is 35.2 Å². The normalized spacial score (nSPS) is 19.3. The molecule has 2 aliphatic rings. The molecule has 2 aromatic rings. The lowest BCUT2D eigenvalue weighted by Crippen LogP contribution is -2.40. The van der Waals surface area contributed by atoms with Crippen LogP contribution in [0.25, 0.3) is 10.8 Å².